The fourth-order valence-electron chi connectivity index (χ4n) is 2.76. The molecule has 19 heavy (non-hydrogen) atoms. The number of rotatable bonds is 3. The molecule has 4 heteroatoms. The number of nitrogens with one attached hydrogen (secondary N) is 2. The van der Waals surface area contributed by atoms with Crippen molar-refractivity contribution in [1.82, 2.24) is 10.6 Å². The summed E-state index contributed by atoms with van der Waals surface area (Å²) in [7, 11) is 0. The summed E-state index contributed by atoms with van der Waals surface area (Å²) in [6, 6.07) is 1.97. The van der Waals surface area contributed by atoms with E-state index in [9.17, 15) is 4.79 Å². The number of piperidine rings is 1. The first-order valence-electron chi connectivity index (χ1n) is 7.05. The number of aryl methyl sites for hydroxylation is 2. The van der Waals surface area contributed by atoms with Gasteiger partial charge in [-0.1, -0.05) is 0 Å². The minimum absolute atomic E-state index is 0.0227. The number of carbonyl (C=O) groups is 1. The van der Waals surface area contributed by atoms with Gasteiger partial charge in [-0.3, -0.25) is 4.79 Å². The highest BCUT2D eigenvalue weighted by Crippen LogP contribution is 2.24. The van der Waals surface area contributed by atoms with Crippen molar-refractivity contribution in [3.05, 3.63) is 23.2 Å². The van der Waals surface area contributed by atoms with Crippen LogP contribution in [0, 0.1) is 13.8 Å². The van der Waals surface area contributed by atoms with Crippen LogP contribution in [0.4, 0.5) is 0 Å². The first-order valence-corrected chi connectivity index (χ1v) is 7.05. The van der Waals surface area contributed by atoms with Gasteiger partial charge in [-0.05, 0) is 59.6 Å². The molecule has 106 valence electrons. The molecular weight excluding hydrogens is 240 g/mol. The van der Waals surface area contributed by atoms with Crippen LogP contribution in [0.25, 0.3) is 0 Å². The molecule has 0 aliphatic carbocycles. The van der Waals surface area contributed by atoms with Crippen molar-refractivity contribution in [2.75, 3.05) is 6.54 Å². The molecule has 2 N–H and O–H groups in total. The zero-order valence-electron chi connectivity index (χ0n) is 12.3. The minimum atomic E-state index is -0.431. The molecule has 2 atom stereocenters. The van der Waals surface area contributed by atoms with E-state index >= 15 is 0 Å². The molecule has 1 aliphatic rings. The number of carbonyl (C=O) groups excluding carboxylic acids is 1. The molecular formula is C15H24N2O2. The van der Waals surface area contributed by atoms with Gasteiger partial charge in [0.1, 0.15) is 11.5 Å². The Morgan fingerprint density at radius 2 is 2.21 bits per heavy atom. The Morgan fingerprint density at radius 3 is 2.74 bits per heavy atom. The van der Waals surface area contributed by atoms with Gasteiger partial charge >= 0.3 is 0 Å². The number of hydrogen-bond donors (Lipinski definition) is 2. The van der Waals surface area contributed by atoms with Crippen molar-refractivity contribution in [3.63, 3.8) is 0 Å². The molecule has 0 bridgehead atoms. The Balaban J connectivity index is 2.04. The summed E-state index contributed by atoms with van der Waals surface area (Å²) in [6.07, 6.45) is 3.16. The molecule has 0 spiro atoms. The Morgan fingerprint density at radius 1 is 1.47 bits per heavy atom. The molecule has 1 fully saturated rings. The van der Waals surface area contributed by atoms with Crippen LogP contribution in [0.3, 0.4) is 0 Å². The lowest BCUT2D eigenvalue weighted by Crippen LogP contribution is -2.57. The van der Waals surface area contributed by atoms with E-state index < -0.39 is 5.54 Å². The lowest BCUT2D eigenvalue weighted by atomic mass is 9.89. The Hall–Kier alpha value is -1.29. The van der Waals surface area contributed by atoms with Gasteiger partial charge < -0.3 is 15.1 Å². The van der Waals surface area contributed by atoms with Gasteiger partial charge in [-0.2, -0.15) is 0 Å². The summed E-state index contributed by atoms with van der Waals surface area (Å²) in [6.45, 7) is 8.77. The van der Waals surface area contributed by atoms with E-state index in [0.29, 0.717) is 0 Å². The van der Waals surface area contributed by atoms with Crippen LogP contribution in [0.15, 0.2) is 10.5 Å². The van der Waals surface area contributed by atoms with E-state index in [4.69, 9.17) is 4.42 Å². The zero-order valence-corrected chi connectivity index (χ0v) is 12.3. The van der Waals surface area contributed by atoms with Gasteiger partial charge in [-0.25, -0.2) is 0 Å². The SMILES string of the molecule is Cc1cc(C(C)NC(=O)C2(C)CCCCN2)c(C)o1. The monoisotopic (exact) mass is 264 g/mol. The summed E-state index contributed by atoms with van der Waals surface area (Å²) in [5.74, 6) is 1.85. The van der Waals surface area contributed by atoms with E-state index in [2.05, 4.69) is 10.6 Å². The highest BCUT2D eigenvalue weighted by atomic mass is 16.3. The van der Waals surface area contributed by atoms with Gasteiger partial charge in [0, 0.05) is 5.56 Å². The van der Waals surface area contributed by atoms with Gasteiger partial charge in [0.05, 0.1) is 11.6 Å². The average molecular weight is 264 g/mol. The summed E-state index contributed by atoms with van der Waals surface area (Å²) >= 11 is 0. The van der Waals surface area contributed by atoms with Crippen molar-refractivity contribution in [2.24, 2.45) is 0 Å². The first-order chi connectivity index (χ1) is 8.92. The van der Waals surface area contributed by atoms with Crippen LogP contribution in [-0.2, 0) is 4.79 Å². The molecule has 1 aromatic rings. The third-order valence-corrected chi connectivity index (χ3v) is 4.01. The quantitative estimate of drug-likeness (QED) is 0.882. The maximum Gasteiger partial charge on any atom is 0.240 e. The predicted octanol–water partition coefficient (Wildman–Crippen LogP) is 2.61. The first kappa shape index (κ1) is 14.1. The molecule has 0 radical (unpaired) electrons. The summed E-state index contributed by atoms with van der Waals surface area (Å²) in [5, 5.41) is 6.44. The zero-order chi connectivity index (χ0) is 14.0. The van der Waals surface area contributed by atoms with Gasteiger partial charge in [0.15, 0.2) is 0 Å². The molecule has 0 saturated carbocycles. The molecule has 2 rings (SSSR count). The highest BCUT2D eigenvalue weighted by Gasteiger charge is 2.35. The number of amides is 1. The van der Waals surface area contributed by atoms with E-state index in [1.165, 1.54) is 0 Å². The number of hydrogen-bond acceptors (Lipinski definition) is 3. The van der Waals surface area contributed by atoms with Crippen LogP contribution < -0.4 is 10.6 Å². The minimum Gasteiger partial charge on any atom is -0.466 e. The average Bonchev–Trinajstić information content (AvgIpc) is 2.69. The van der Waals surface area contributed by atoms with Crippen LogP contribution in [0.5, 0.6) is 0 Å². The topological polar surface area (TPSA) is 54.3 Å². The summed E-state index contributed by atoms with van der Waals surface area (Å²) in [4.78, 5) is 12.4. The van der Waals surface area contributed by atoms with Crippen molar-refractivity contribution < 1.29 is 9.21 Å². The Bertz CT molecular complexity index is 459. The van der Waals surface area contributed by atoms with Crippen LogP contribution in [0.2, 0.25) is 0 Å². The van der Waals surface area contributed by atoms with E-state index in [1.807, 2.05) is 33.8 Å². The summed E-state index contributed by atoms with van der Waals surface area (Å²) in [5.41, 5.74) is 0.629. The van der Waals surface area contributed by atoms with Crippen molar-refractivity contribution in [2.45, 2.75) is 58.5 Å². The Labute approximate surface area is 114 Å². The van der Waals surface area contributed by atoms with E-state index in [0.717, 1.165) is 42.9 Å². The van der Waals surface area contributed by atoms with Crippen molar-refractivity contribution in [1.29, 1.82) is 0 Å². The third kappa shape index (κ3) is 3.00. The lowest BCUT2D eigenvalue weighted by molar-refractivity contribution is -0.128. The molecule has 0 aromatic carbocycles. The van der Waals surface area contributed by atoms with Crippen LogP contribution in [-0.4, -0.2) is 18.0 Å². The van der Waals surface area contributed by atoms with Crippen LogP contribution >= 0.6 is 0 Å². The van der Waals surface area contributed by atoms with Gasteiger partial charge in [-0.15, -0.1) is 0 Å². The van der Waals surface area contributed by atoms with E-state index in [-0.39, 0.29) is 11.9 Å². The molecule has 2 unspecified atom stereocenters. The standard InChI is InChI=1S/C15H24N2O2/c1-10-9-13(12(3)19-10)11(2)17-14(18)15(4)7-5-6-8-16-15/h9,11,16H,5-8H2,1-4H3,(H,17,18). The van der Waals surface area contributed by atoms with Gasteiger partial charge in [0.2, 0.25) is 5.91 Å². The maximum atomic E-state index is 12.4. The van der Waals surface area contributed by atoms with Gasteiger partial charge in [0.25, 0.3) is 0 Å². The maximum absolute atomic E-state index is 12.4. The lowest BCUT2D eigenvalue weighted by Gasteiger charge is -2.34. The smallest absolute Gasteiger partial charge is 0.240 e. The fraction of sp³-hybridized carbons (Fsp3) is 0.667. The largest absolute Gasteiger partial charge is 0.466 e. The normalized spacial score (nSPS) is 25.1. The van der Waals surface area contributed by atoms with E-state index in [1.54, 1.807) is 0 Å². The Kier molecular flexibility index (Phi) is 3.99. The second-order valence-corrected chi connectivity index (χ2v) is 5.78. The molecule has 1 aromatic heterocycles. The predicted molar refractivity (Wildman–Crippen MR) is 75.0 cm³/mol. The van der Waals surface area contributed by atoms with Crippen molar-refractivity contribution in [3.8, 4) is 0 Å². The molecule has 4 nitrogen and oxygen atoms in total. The third-order valence-electron chi connectivity index (χ3n) is 4.01. The fourth-order valence-corrected chi connectivity index (χ4v) is 2.76. The summed E-state index contributed by atoms with van der Waals surface area (Å²) < 4.78 is 5.52. The molecule has 1 aliphatic heterocycles. The van der Waals surface area contributed by atoms with Crippen LogP contribution in [0.1, 0.15) is 56.2 Å². The van der Waals surface area contributed by atoms with Crippen molar-refractivity contribution >= 4 is 5.91 Å². The second kappa shape index (κ2) is 5.37. The molecule has 1 amide bonds. The molecule has 1 saturated heterocycles. The second-order valence-electron chi connectivity index (χ2n) is 5.78. The highest BCUT2D eigenvalue weighted by molar-refractivity contribution is 5.86. The molecule has 2 heterocycles. The number of furan rings is 1.